The second kappa shape index (κ2) is 5.69. The van der Waals surface area contributed by atoms with E-state index in [1.807, 2.05) is 0 Å². The lowest BCUT2D eigenvalue weighted by Crippen LogP contribution is -2.38. The minimum atomic E-state index is 0.464. The summed E-state index contributed by atoms with van der Waals surface area (Å²) in [6.45, 7) is 7.52. The molecule has 0 aliphatic carbocycles. The van der Waals surface area contributed by atoms with Gasteiger partial charge < -0.3 is 15.0 Å². The van der Waals surface area contributed by atoms with Crippen LogP contribution in [0.1, 0.15) is 20.3 Å². The molecule has 0 saturated carbocycles. The summed E-state index contributed by atoms with van der Waals surface area (Å²) in [6, 6.07) is 0.570. The molecule has 1 saturated heterocycles. The van der Waals surface area contributed by atoms with Crippen LogP contribution in [0.5, 0.6) is 0 Å². The summed E-state index contributed by atoms with van der Waals surface area (Å²) < 4.78 is 5.53. The van der Waals surface area contributed by atoms with E-state index in [0.717, 1.165) is 25.6 Å². The van der Waals surface area contributed by atoms with Crippen LogP contribution in [0.3, 0.4) is 0 Å². The highest BCUT2D eigenvalue weighted by molar-refractivity contribution is 4.74. The monoisotopic (exact) mass is 200 g/mol. The maximum Gasteiger partial charge on any atom is 0.0551 e. The molecule has 0 amide bonds. The molecule has 1 heterocycles. The normalized spacial score (nSPS) is 29.8. The molecule has 3 atom stereocenters. The van der Waals surface area contributed by atoms with E-state index >= 15 is 0 Å². The second-order valence-corrected chi connectivity index (χ2v) is 4.82. The predicted octanol–water partition coefficient (Wildman–Crippen LogP) is 0.951. The van der Waals surface area contributed by atoms with Gasteiger partial charge in [-0.2, -0.15) is 0 Å². The van der Waals surface area contributed by atoms with Crippen molar-refractivity contribution in [2.45, 2.75) is 32.4 Å². The van der Waals surface area contributed by atoms with Crippen molar-refractivity contribution < 1.29 is 4.74 Å². The summed E-state index contributed by atoms with van der Waals surface area (Å²) in [4.78, 5) is 2.21. The molecular weight excluding hydrogens is 176 g/mol. The van der Waals surface area contributed by atoms with Gasteiger partial charge in [0.2, 0.25) is 0 Å². The van der Waals surface area contributed by atoms with Gasteiger partial charge in [-0.25, -0.2) is 0 Å². The average Bonchev–Trinajstić information content (AvgIpc) is 2.47. The Hall–Kier alpha value is -0.120. The van der Waals surface area contributed by atoms with Crippen molar-refractivity contribution in [1.82, 2.24) is 10.2 Å². The van der Waals surface area contributed by atoms with E-state index < -0.39 is 0 Å². The van der Waals surface area contributed by atoms with Crippen LogP contribution in [-0.4, -0.2) is 50.8 Å². The summed E-state index contributed by atoms with van der Waals surface area (Å²) >= 11 is 0. The van der Waals surface area contributed by atoms with Crippen LogP contribution in [0.4, 0.5) is 0 Å². The van der Waals surface area contributed by atoms with Crippen molar-refractivity contribution in [2.24, 2.45) is 5.92 Å². The van der Waals surface area contributed by atoms with Crippen LogP contribution >= 0.6 is 0 Å². The average molecular weight is 200 g/mol. The van der Waals surface area contributed by atoms with Crippen molar-refractivity contribution in [1.29, 1.82) is 0 Å². The number of ether oxygens (including phenoxy) is 1. The third kappa shape index (κ3) is 4.40. The summed E-state index contributed by atoms with van der Waals surface area (Å²) in [5.41, 5.74) is 0. The molecule has 0 aromatic heterocycles. The minimum Gasteiger partial charge on any atom is -0.378 e. The van der Waals surface area contributed by atoms with E-state index in [1.165, 1.54) is 6.42 Å². The fourth-order valence-electron chi connectivity index (χ4n) is 2.03. The lowest BCUT2D eigenvalue weighted by molar-refractivity contribution is 0.119. The smallest absolute Gasteiger partial charge is 0.0551 e. The highest BCUT2D eigenvalue weighted by atomic mass is 16.5. The Labute approximate surface area is 87.8 Å². The Morgan fingerprint density at radius 3 is 2.71 bits per heavy atom. The first kappa shape index (κ1) is 12.0. The number of nitrogens with one attached hydrogen (secondary N) is 1. The number of likely N-dealkylation sites (N-methyl/N-ethyl adjacent to an activating group) is 1. The summed E-state index contributed by atoms with van der Waals surface area (Å²) in [5.74, 6) is 0.717. The van der Waals surface area contributed by atoms with Crippen LogP contribution in [0, 0.1) is 5.92 Å². The van der Waals surface area contributed by atoms with Crippen molar-refractivity contribution in [3.05, 3.63) is 0 Å². The molecule has 1 rings (SSSR count). The van der Waals surface area contributed by atoms with E-state index in [2.05, 4.69) is 38.2 Å². The Morgan fingerprint density at radius 1 is 1.50 bits per heavy atom. The first-order chi connectivity index (χ1) is 6.58. The van der Waals surface area contributed by atoms with Gasteiger partial charge >= 0.3 is 0 Å². The van der Waals surface area contributed by atoms with E-state index in [0.29, 0.717) is 12.1 Å². The quantitative estimate of drug-likeness (QED) is 0.715. The molecule has 0 spiro atoms. The van der Waals surface area contributed by atoms with Crippen molar-refractivity contribution in [3.8, 4) is 0 Å². The Morgan fingerprint density at radius 2 is 2.21 bits per heavy atom. The van der Waals surface area contributed by atoms with Gasteiger partial charge in [-0.15, -0.1) is 0 Å². The molecule has 1 aliphatic rings. The van der Waals surface area contributed by atoms with E-state index in [4.69, 9.17) is 4.74 Å². The Balaban J connectivity index is 2.08. The molecule has 1 aliphatic heterocycles. The largest absolute Gasteiger partial charge is 0.378 e. The van der Waals surface area contributed by atoms with Crippen LogP contribution in [0.25, 0.3) is 0 Å². The zero-order valence-corrected chi connectivity index (χ0v) is 9.92. The van der Waals surface area contributed by atoms with Gasteiger partial charge in [-0.3, -0.25) is 0 Å². The maximum atomic E-state index is 5.53. The number of nitrogens with zero attached hydrogens (tertiary/aromatic N) is 1. The highest BCUT2D eigenvalue weighted by Crippen LogP contribution is 2.17. The topological polar surface area (TPSA) is 24.5 Å². The fourth-order valence-corrected chi connectivity index (χ4v) is 2.03. The summed E-state index contributed by atoms with van der Waals surface area (Å²) in [7, 11) is 4.22. The molecule has 0 aromatic carbocycles. The van der Waals surface area contributed by atoms with Gasteiger partial charge in [-0.1, -0.05) is 0 Å². The fraction of sp³-hybridized carbons (Fsp3) is 1.00. The molecule has 14 heavy (non-hydrogen) atoms. The third-order valence-electron chi connectivity index (χ3n) is 2.68. The van der Waals surface area contributed by atoms with E-state index in [-0.39, 0.29) is 0 Å². The highest BCUT2D eigenvalue weighted by Gasteiger charge is 2.21. The van der Waals surface area contributed by atoms with Crippen LogP contribution in [-0.2, 0) is 4.74 Å². The van der Waals surface area contributed by atoms with Crippen molar-refractivity contribution in [2.75, 3.05) is 33.8 Å². The first-order valence-corrected chi connectivity index (χ1v) is 5.57. The third-order valence-corrected chi connectivity index (χ3v) is 2.68. The van der Waals surface area contributed by atoms with Crippen LogP contribution in [0.15, 0.2) is 0 Å². The standard InChI is InChI=1S/C11H24N2O/c1-9(7-13(3)4)12-6-11-5-10(2)14-8-11/h9-12H,5-8H2,1-4H3. The number of hydrogen-bond acceptors (Lipinski definition) is 3. The van der Waals surface area contributed by atoms with Gasteiger partial charge in [0.15, 0.2) is 0 Å². The van der Waals surface area contributed by atoms with Gasteiger partial charge in [0.05, 0.1) is 12.7 Å². The SMILES string of the molecule is CC(CN(C)C)NCC1COC(C)C1. The van der Waals surface area contributed by atoms with Gasteiger partial charge in [0, 0.05) is 19.1 Å². The summed E-state index contributed by atoms with van der Waals surface area (Å²) in [6.07, 6.45) is 1.67. The Bertz CT molecular complexity index is 161. The number of hydrogen-bond donors (Lipinski definition) is 1. The predicted molar refractivity (Wildman–Crippen MR) is 59.5 cm³/mol. The molecule has 3 heteroatoms. The number of rotatable bonds is 5. The van der Waals surface area contributed by atoms with Crippen LogP contribution in [0.2, 0.25) is 0 Å². The summed E-state index contributed by atoms with van der Waals surface area (Å²) in [5, 5.41) is 3.55. The van der Waals surface area contributed by atoms with Gasteiger partial charge in [0.1, 0.15) is 0 Å². The Kier molecular flexibility index (Phi) is 4.85. The lowest BCUT2D eigenvalue weighted by Gasteiger charge is -2.19. The van der Waals surface area contributed by atoms with Gasteiger partial charge in [0.25, 0.3) is 0 Å². The molecule has 0 aromatic rings. The van der Waals surface area contributed by atoms with Crippen LogP contribution < -0.4 is 5.32 Å². The molecule has 3 unspecified atom stereocenters. The van der Waals surface area contributed by atoms with E-state index in [9.17, 15) is 0 Å². The van der Waals surface area contributed by atoms with Gasteiger partial charge in [-0.05, 0) is 40.3 Å². The molecule has 84 valence electrons. The molecular formula is C11H24N2O. The lowest BCUT2D eigenvalue weighted by atomic mass is 10.1. The molecule has 1 fully saturated rings. The second-order valence-electron chi connectivity index (χ2n) is 4.82. The molecule has 1 N–H and O–H groups in total. The van der Waals surface area contributed by atoms with E-state index in [1.54, 1.807) is 0 Å². The molecule has 0 bridgehead atoms. The zero-order chi connectivity index (χ0) is 10.6. The molecule has 3 nitrogen and oxygen atoms in total. The zero-order valence-electron chi connectivity index (χ0n) is 9.92. The minimum absolute atomic E-state index is 0.464. The van der Waals surface area contributed by atoms with Crippen molar-refractivity contribution in [3.63, 3.8) is 0 Å². The molecule has 0 radical (unpaired) electrons. The first-order valence-electron chi connectivity index (χ1n) is 5.57. The van der Waals surface area contributed by atoms with Crippen molar-refractivity contribution >= 4 is 0 Å². The maximum absolute atomic E-state index is 5.53.